The van der Waals surface area contributed by atoms with Gasteiger partial charge < -0.3 is 10.4 Å². The molecule has 1 aromatic carbocycles. The Kier molecular flexibility index (Phi) is 5.03. The summed E-state index contributed by atoms with van der Waals surface area (Å²) in [6, 6.07) is 8.12. The lowest BCUT2D eigenvalue weighted by atomic mass is 10.1. The van der Waals surface area contributed by atoms with Crippen molar-refractivity contribution in [3.05, 3.63) is 30.3 Å². The average molecular weight is 243 g/mol. The lowest BCUT2D eigenvalue weighted by molar-refractivity contribution is -0.140. The highest BCUT2D eigenvalue weighted by atomic mass is 19.3. The second kappa shape index (κ2) is 6.30. The van der Waals surface area contributed by atoms with Gasteiger partial charge in [0.1, 0.15) is 0 Å². The first-order valence-electron chi connectivity index (χ1n) is 5.41. The van der Waals surface area contributed by atoms with E-state index in [0.717, 1.165) is 0 Å². The van der Waals surface area contributed by atoms with Gasteiger partial charge >= 0.3 is 5.92 Å². The minimum Gasteiger partial charge on any atom is -0.396 e. The summed E-state index contributed by atoms with van der Waals surface area (Å²) in [6.45, 7) is -0.142. The van der Waals surface area contributed by atoms with Crippen LogP contribution in [-0.4, -0.2) is 23.5 Å². The molecular weight excluding hydrogens is 228 g/mol. The minimum absolute atomic E-state index is 0.117. The number of nitrogens with one attached hydrogen (secondary N) is 1. The van der Waals surface area contributed by atoms with Gasteiger partial charge in [0.25, 0.3) is 5.91 Å². The van der Waals surface area contributed by atoms with Crippen molar-refractivity contribution in [2.75, 3.05) is 11.9 Å². The van der Waals surface area contributed by atoms with E-state index in [4.69, 9.17) is 5.11 Å². The molecule has 3 nitrogen and oxygen atoms in total. The summed E-state index contributed by atoms with van der Waals surface area (Å²) >= 11 is 0. The number of aliphatic hydroxyl groups is 1. The molecule has 0 aliphatic rings. The Labute approximate surface area is 98.5 Å². The van der Waals surface area contributed by atoms with E-state index in [1.54, 1.807) is 30.3 Å². The third-order valence-electron chi connectivity index (χ3n) is 2.26. The number of carbonyl (C=O) groups excluding carboxylic acids is 1. The first-order valence-corrected chi connectivity index (χ1v) is 5.41. The van der Waals surface area contributed by atoms with Crippen molar-refractivity contribution in [3.8, 4) is 0 Å². The molecule has 5 heteroatoms. The van der Waals surface area contributed by atoms with E-state index in [9.17, 15) is 13.6 Å². The van der Waals surface area contributed by atoms with Gasteiger partial charge in [-0.2, -0.15) is 8.78 Å². The average Bonchev–Trinajstić information content (AvgIpc) is 2.30. The highest BCUT2D eigenvalue weighted by Crippen LogP contribution is 2.23. The van der Waals surface area contributed by atoms with Gasteiger partial charge in [-0.15, -0.1) is 0 Å². The summed E-state index contributed by atoms with van der Waals surface area (Å²) < 4.78 is 26.7. The topological polar surface area (TPSA) is 49.3 Å². The summed E-state index contributed by atoms with van der Waals surface area (Å²) in [7, 11) is 0. The molecule has 17 heavy (non-hydrogen) atoms. The van der Waals surface area contributed by atoms with E-state index in [0.29, 0.717) is 5.69 Å². The number of aliphatic hydroxyl groups excluding tert-OH is 1. The molecule has 0 aliphatic heterocycles. The Hall–Kier alpha value is -1.49. The Morgan fingerprint density at radius 1 is 1.24 bits per heavy atom. The van der Waals surface area contributed by atoms with Crippen molar-refractivity contribution in [2.45, 2.75) is 25.2 Å². The Morgan fingerprint density at radius 3 is 2.47 bits per heavy atom. The molecule has 0 saturated carbocycles. The highest BCUT2D eigenvalue weighted by Gasteiger charge is 2.37. The fraction of sp³-hybridized carbons (Fsp3) is 0.417. The van der Waals surface area contributed by atoms with E-state index >= 15 is 0 Å². The highest BCUT2D eigenvalue weighted by molar-refractivity contribution is 5.95. The summed E-state index contributed by atoms with van der Waals surface area (Å²) in [5.41, 5.74) is 0.347. The van der Waals surface area contributed by atoms with Crippen LogP contribution in [0.15, 0.2) is 30.3 Å². The number of hydrogen-bond acceptors (Lipinski definition) is 2. The van der Waals surface area contributed by atoms with E-state index < -0.39 is 18.3 Å². The maximum atomic E-state index is 13.3. The van der Waals surface area contributed by atoms with Gasteiger partial charge in [0, 0.05) is 18.7 Å². The second-order valence-electron chi connectivity index (χ2n) is 3.71. The molecule has 2 N–H and O–H groups in total. The lowest BCUT2D eigenvalue weighted by Gasteiger charge is -2.15. The largest absolute Gasteiger partial charge is 0.396 e. The van der Waals surface area contributed by atoms with Crippen molar-refractivity contribution in [1.29, 1.82) is 0 Å². The molecular formula is C12H15F2NO2. The number of rotatable bonds is 6. The molecule has 0 bridgehead atoms. The zero-order valence-corrected chi connectivity index (χ0v) is 9.33. The Morgan fingerprint density at radius 2 is 1.88 bits per heavy atom. The van der Waals surface area contributed by atoms with E-state index in [-0.39, 0.29) is 19.4 Å². The van der Waals surface area contributed by atoms with Crippen LogP contribution in [0.1, 0.15) is 19.3 Å². The number of alkyl halides is 2. The van der Waals surface area contributed by atoms with Crippen molar-refractivity contribution >= 4 is 11.6 Å². The molecule has 0 saturated heterocycles. The fourth-order valence-electron chi connectivity index (χ4n) is 1.32. The van der Waals surface area contributed by atoms with Crippen LogP contribution in [0.3, 0.4) is 0 Å². The van der Waals surface area contributed by atoms with Crippen LogP contribution in [0.4, 0.5) is 14.5 Å². The number of unbranched alkanes of at least 4 members (excludes halogenated alkanes) is 1. The van der Waals surface area contributed by atoms with Crippen LogP contribution in [-0.2, 0) is 4.79 Å². The minimum atomic E-state index is -3.40. The maximum Gasteiger partial charge on any atom is 0.324 e. The maximum absolute atomic E-state index is 13.3. The first-order chi connectivity index (χ1) is 8.06. The Balaban J connectivity index is 2.51. The monoisotopic (exact) mass is 243 g/mol. The van der Waals surface area contributed by atoms with Gasteiger partial charge in [0.15, 0.2) is 0 Å². The third-order valence-corrected chi connectivity index (χ3v) is 2.26. The zero-order chi connectivity index (χ0) is 12.7. The van der Waals surface area contributed by atoms with Crippen LogP contribution in [0.5, 0.6) is 0 Å². The molecule has 0 spiro atoms. The van der Waals surface area contributed by atoms with Crippen molar-refractivity contribution < 1.29 is 18.7 Å². The van der Waals surface area contributed by atoms with Gasteiger partial charge in [0.2, 0.25) is 0 Å². The standard InChI is InChI=1S/C12H15F2NO2/c13-12(14,8-4-5-9-16)11(17)15-10-6-2-1-3-7-10/h1-3,6-7,16H,4-5,8-9H2,(H,15,17). The molecule has 1 aromatic rings. The summed E-state index contributed by atoms with van der Waals surface area (Å²) in [5.74, 6) is -4.70. The van der Waals surface area contributed by atoms with Gasteiger partial charge in [0.05, 0.1) is 0 Å². The van der Waals surface area contributed by atoms with Crippen molar-refractivity contribution in [2.24, 2.45) is 0 Å². The number of para-hydroxylation sites is 1. The quantitative estimate of drug-likeness (QED) is 0.754. The predicted molar refractivity (Wildman–Crippen MR) is 61.0 cm³/mol. The summed E-state index contributed by atoms with van der Waals surface area (Å²) in [4.78, 5) is 11.3. The first kappa shape index (κ1) is 13.6. The number of amides is 1. The van der Waals surface area contributed by atoms with Gasteiger partial charge in [-0.3, -0.25) is 4.79 Å². The number of anilines is 1. The Bertz CT molecular complexity index is 355. The van der Waals surface area contributed by atoms with Crippen molar-refractivity contribution in [3.63, 3.8) is 0 Å². The molecule has 0 fully saturated rings. The third kappa shape index (κ3) is 4.48. The van der Waals surface area contributed by atoms with Gasteiger partial charge in [-0.1, -0.05) is 18.2 Å². The smallest absolute Gasteiger partial charge is 0.324 e. The predicted octanol–water partition coefficient (Wildman–Crippen LogP) is 2.42. The SMILES string of the molecule is O=C(Nc1ccccc1)C(F)(F)CCCCO. The lowest BCUT2D eigenvalue weighted by Crippen LogP contribution is -2.34. The molecule has 0 heterocycles. The van der Waals surface area contributed by atoms with Gasteiger partial charge in [-0.05, 0) is 25.0 Å². The number of hydrogen-bond donors (Lipinski definition) is 2. The fourth-order valence-corrected chi connectivity index (χ4v) is 1.32. The van der Waals surface area contributed by atoms with Crippen LogP contribution in [0.25, 0.3) is 0 Å². The molecule has 94 valence electrons. The molecule has 1 rings (SSSR count). The normalized spacial score (nSPS) is 11.2. The van der Waals surface area contributed by atoms with E-state index in [1.165, 1.54) is 0 Å². The molecule has 0 radical (unpaired) electrons. The number of halogens is 2. The number of benzene rings is 1. The molecule has 0 aliphatic carbocycles. The molecule has 1 amide bonds. The van der Waals surface area contributed by atoms with Crippen LogP contribution < -0.4 is 5.32 Å². The molecule has 0 atom stereocenters. The number of carbonyl (C=O) groups is 1. The van der Waals surface area contributed by atoms with E-state index in [1.807, 2.05) is 0 Å². The molecule has 0 aromatic heterocycles. The summed E-state index contributed by atoms with van der Waals surface area (Å²) in [6.07, 6.45) is -0.161. The molecule has 0 unspecified atom stereocenters. The van der Waals surface area contributed by atoms with Crippen LogP contribution >= 0.6 is 0 Å². The second-order valence-corrected chi connectivity index (χ2v) is 3.71. The van der Waals surface area contributed by atoms with E-state index in [2.05, 4.69) is 5.32 Å². The zero-order valence-electron chi connectivity index (χ0n) is 9.33. The van der Waals surface area contributed by atoms with Crippen LogP contribution in [0, 0.1) is 0 Å². The van der Waals surface area contributed by atoms with Gasteiger partial charge in [-0.25, -0.2) is 0 Å². The van der Waals surface area contributed by atoms with Crippen molar-refractivity contribution in [1.82, 2.24) is 0 Å². The summed E-state index contributed by atoms with van der Waals surface area (Å²) in [5, 5.41) is 10.6. The van der Waals surface area contributed by atoms with Crippen LogP contribution in [0.2, 0.25) is 0 Å².